The van der Waals surface area contributed by atoms with E-state index in [0.717, 1.165) is 16.7 Å². The lowest BCUT2D eigenvalue weighted by atomic mass is 10.0. The predicted octanol–water partition coefficient (Wildman–Crippen LogP) is 5.56. The number of hydrogen-bond acceptors (Lipinski definition) is 6. The van der Waals surface area contributed by atoms with Crippen molar-refractivity contribution in [2.75, 3.05) is 6.61 Å². The molecule has 0 saturated carbocycles. The van der Waals surface area contributed by atoms with Gasteiger partial charge in [-0.05, 0) is 68.8 Å². The zero-order valence-electron chi connectivity index (χ0n) is 19.9. The number of fused-ring (bicyclic) bond motifs is 1. The number of nitrogens with one attached hydrogen (secondary N) is 1. The van der Waals surface area contributed by atoms with E-state index in [1.165, 1.54) is 12.3 Å². The molecule has 7 heteroatoms. The third kappa shape index (κ3) is 5.76. The van der Waals surface area contributed by atoms with Gasteiger partial charge in [-0.3, -0.25) is 4.79 Å². The van der Waals surface area contributed by atoms with Crippen LogP contribution < -0.4 is 14.9 Å². The zero-order chi connectivity index (χ0) is 24.8. The maximum absolute atomic E-state index is 13.1. The topological polar surface area (TPSA) is 93.0 Å². The fourth-order valence-electron chi connectivity index (χ4n) is 3.62. The van der Waals surface area contributed by atoms with Crippen LogP contribution in [0, 0.1) is 0 Å². The summed E-state index contributed by atoms with van der Waals surface area (Å²) in [5.41, 5.74) is 5.94. The van der Waals surface area contributed by atoms with E-state index < -0.39 is 0 Å². The smallest absolute Gasteiger partial charge is 0.272 e. The largest absolute Gasteiger partial charge is 0.504 e. The number of carbonyl (C=O) groups excluding carboxylic acids is 1. The summed E-state index contributed by atoms with van der Waals surface area (Å²) in [5, 5.41) is 14.7. The number of benzene rings is 3. The molecular weight excluding hydrogens is 442 g/mol. The Balaban J connectivity index is 1.63. The molecule has 1 heterocycles. The summed E-state index contributed by atoms with van der Waals surface area (Å²) in [6.07, 6.45) is 1.55. The monoisotopic (exact) mass is 469 g/mol. The van der Waals surface area contributed by atoms with E-state index in [4.69, 9.17) is 14.5 Å². The summed E-state index contributed by atoms with van der Waals surface area (Å²) in [4.78, 5) is 17.9. The van der Waals surface area contributed by atoms with Gasteiger partial charge in [0.1, 0.15) is 5.75 Å². The van der Waals surface area contributed by atoms with Gasteiger partial charge >= 0.3 is 0 Å². The van der Waals surface area contributed by atoms with Gasteiger partial charge in [0.05, 0.1) is 35.7 Å². The van der Waals surface area contributed by atoms with E-state index in [-0.39, 0.29) is 17.8 Å². The van der Waals surface area contributed by atoms with Crippen LogP contribution in [0.25, 0.3) is 22.2 Å². The maximum atomic E-state index is 13.1. The molecule has 0 unspecified atom stereocenters. The van der Waals surface area contributed by atoms with E-state index in [9.17, 15) is 9.90 Å². The van der Waals surface area contributed by atoms with Crippen LogP contribution in [0.4, 0.5) is 0 Å². The Labute approximate surface area is 204 Å². The lowest BCUT2D eigenvalue weighted by molar-refractivity contribution is 0.0956. The molecule has 2 N–H and O–H groups in total. The summed E-state index contributed by atoms with van der Waals surface area (Å²) < 4.78 is 11.2. The third-order valence-corrected chi connectivity index (χ3v) is 5.13. The minimum Gasteiger partial charge on any atom is -0.504 e. The average molecular weight is 470 g/mol. The zero-order valence-corrected chi connectivity index (χ0v) is 19.9. The molecule has 4 aromatic rings. The molecule has 178 valence electrons. The van der Waals surface area contributed by atoms with E-state index in [0.29, 0.717) is 34.7 Å². The van der Waals surface area contributed by atoms with E-state index in [1.54, 1.807) is 18.2 Å². The first-order valence-corrected chi connectivity index (χ1v) is 11.4. The minimum atomic E-state index is -0.362. The van der Waals surface area contributed by atoms with Crippen LogP contribution >= 0.6 is 0 Å². The molecule has 0 saturated heterocycles. The van der Waals surface area contributed by atoms with Gasteiger partial charge in [0.15, 0.2) is 11.5 Å². The van der Waals surface area contributed by atoms with Crippen molar-refractivity contribution in [3.8, 4) is 28.5 Å². The summed E-state index contributed by atoms with van der Waals surface area (Å²) >= 11 is 0. The first kappa shape index (κ1) is 23.8. The van der Waals surface area contributed by atoms with E-state index in [1.807, 2.05) is 69.3 Å². The normalized spacial score (nSPS) is 11.2. The van der Waals surface area contributed by atoms with Crippen molar-refractivity contribution in [2.45, 2.75) is 26.9 Å². The van der Waals surface area contributed by atoms with Gasteiger partial charge in [0.2, 0.25) is 0 Å². The number of hydrogen-bond donors (Lipinski definition) is 2. The molecule has 1 amide bonds. The molecule has 0 aliphatic rings. The van der Waals surface area contributed by atoms with Crippen molar-refractivity contribution >= 4 is 23.0 Å². The summed E-state index contributed by atoms with van der Waals surface area (Å²) in [5.74, 6) is 0.783. The number of para-hydroxylation sites is 1. The maximum Gasteiger partial charge on any atom is 0.272 e. The van der Waals surface area contributed by atoms with Crippen LogP contribution in [0.3, 0.4) is 0 Å². The molecule has 0 fully saturated rings. The van der Waals surface area contributed by atoms with Crippen LogP contribution in [0.5, 0.6) is 17.2 Å². The van der Waals surface area contributed by atoms with Gasteiger partial charge in [0.25, 0.3) is 5.91 Å². The minimum absolute atomic E-state index is 0.0479. The molecule has 4 rings (SSSR count). The van der Waals surface area contributed by atoms with Crippen molar-refractivity contribution in [3.63, 3.8) is 0 Å². The number of nitrogens with zero attached hydrogens (tertiary/aromatic N) is 2. The summed E-state index contributed by atoms with van der Waals surface area (Å²) in [7, 11) is 0. The van der Waals surface area contributed by atoms with Crippen molar-refractivity contribution in [2.24, 2.45) is 5.10 Å². The number of ether oxygens (including phenoxy) is 2. The molecule has 7 nitrogen and oxygen atoms in total. The second kappa shape index (κ2) is 10.7. The Bertz CT molecular complexity index is 1380. The Morgan fingerprint density at radius 3 is 2.71 bits per heavy atom. The molecule has 0 radical (unpaired) electrons. The van der Waals surface area contributed by atoms with Crippen LogP contribution in [-0.2, 0) is 0 Å². The van der Waals surface area contributed by atoms with Crippen molar-refractivity contribution in [3.05, 3.63) is 83.9 Å². The second-order valence-corrected chi connectivity index (χ2v) is 8.13. The molecular formula is C28H27N3O4. The van der Waals surface area contributed by atoms with Crippen LogP contribution in [0.15, 0.2) is 77.9 Å². The molecule has 0 spiro atoms. The quantitative estimate of drug-likeness (QED) is 0.260. The van der Waals surface area contributed by atoms with Gasteiger partial charge in [0, 0.05) is 10.9 Å². The Hall–Kier alpha value is -4.39. The molecule has 0 atom stereocenters. The Morgan fingerprint density at radius 1 is 1.09 bits per heavy atom. The van der Waals surface area contributed by atoms with Gasteiger partial charge in [-0.2, -0.15) is 5.10 Å². The first-order chi connectivity index (χ1) is 16.9. The number of phenolic OH excluding ortho intramolecular Hbond substituents is 1. The lowest BCUT2D eigenvalue weighted by Crippen LogP contribution is -2.18. The van der Waals surface area contributed by atoms with Crippen molar-refractivity contribution in [1.82, 2.24) is 10.4 Å². The number of amides is 1. The van der Waals surface area contributed by atoms with Crippen LogP contribution in [0.2, 0.25) is 0 Å². The Morgan fingerprint density at radius 2 is 1.91 bits per heavy atom. The fraction of sp³-hybridized carbons (Fsp3) is 0.179. The average Bonchev–Trinajstić information content (AvgIpc) is 2.85. The van der Waals surface area contributed by atoms with Gasteiger partial charge in [-0.25, -0.2) is 10.4 Å². The van der Waals surface area contributed by atoms with Gasteiger partial charge < -0.3 is 14.6 Å². The number of pyridine rings is 1. The highest BCUT2D eigenvalue weighted by molar-refractivity contribution is 6.07. The SMILES string of the molecule is CCOc1cc(/C=N/NC(=O)c2cc(-c3cccc(OC(C)C)c3)nc3ccccc23)ccc1O. The van der Waals surface area contributed by atoms with Crippen molar-refractivity contribution in [1.29, 1.82) is 0 Å². The number of carbonyl (C=O) groups is 1. The Kier molecular flexibility index (Phi) is 7.26. The van der Waals surface area contributed by atoms with Gasteiger partial charge in [-0.1, -0.05) is 30.3 Å². The molecule has 0 aliphatic heterocycles. The van der Waals surface area contributed by atoms with E-state index in [2.05, 4.69) is 10.5 Å². The third-order valence-electron chi connectivity index (χ3n) is 5.13. The number of aromatic hydroxyl groups is 1. The molecule has 3 aromatic carbocycles. The highest BCUT2D eigenvalue weighted by atomic mass is 16.5. The van der Waals surface area contributed by atoms with Crippen LogP contribution in [0.1, 0.15) is 36.7 Å². The van der Waals surface area contributed by atoms with Crippen molar-refractivity contribution < 1.29 is 19.4 Å². The van der Waals surface area contributed by atoms with Crippen LogP contribution in [-0.4, -0.2) is 34.9 Å². The van der Waals surface area contributed by atoms with Gasteiger partial charge in [-0.15, -0.1) is 0 Å². The molecule has 1 aromatic heterocycles. The highest BCUT2D eigenvalue weighted by Crippen LogP contribution is 2.28. The summed E-state index contributed by atoms with van der Waals surface area (Å²) in [6, 6.07) is 21.8. The first-order valence-electron chi connectivity index (χ1n) is 11.4. The highest BCUT2D eigenvalue weighted by Gasteiger charge is 2.14. The number of phenols is 1. The number of rotatable bonds is 8. The lowest BCUT2D eigenvalue weighted by Gasteiger charge is -2.12. The molecule has 35 heavy (non-hydrogen) atoms. The molecule has 0 aliphatic carbocycles. The number of aromatic nitrogens is 1. The fourth-order valence-corrected chi connectivity index (χ4v) is 3.62. The summed E-state index contributed by atoms with van der Waals surface area (Å²) in [6.45, 7) is 6.20. The van der Waals surface area contributed by atoms with E-state index >= 15 is 0 Å². The number of hydrazone groups is 1. The second-order valence-electron chi connectivity index (χ2n) is 8.13. The predicted molar refractivity (Wildman–Crippen MR) is 137 cm³/mol. The molecule has 0 bridgehead atoms. The standard InChI is InChI=1S/C28H27N3O4/c1-4-34-27-14-19(12-13-26(27)32)17-29-31-28(33)23-16-25(30-24-11-6-5-10-22(23)24)20-8-7-9-21(15-20)35-18(2)3/h5-18,32H,4H2,1-3H3,(H,31,33)/b29-17+.